The summed E-state index contributed by atoms with van der Waals surface area (Å²) < 4.78 is 5.26. The smallest absolute Gasteiger partial charge is 0.118 e. The van der Waals surface area contributed by atoms with E-state index in [1.54, 1.807) is 7.11 Å². The molecular formula is C23H29N3O. The van der Waals surface area contributed by atoms with Crippen LogP contribution in [0.4, 0.5) is 5.69 Å². The molecule has 1 aliphatic heterocycles. The molecule has 0 saturated carbocycles. The van der Waals surface area contributed by atoms with Crippen LogP contribution in [0, 0.1) is 17.2 Å². The van der Waals surface area contributed by atoms with Gasteiger partial charge in [0.1, 0.15) is 5.75 Å². The highest BCUT2D eigenvalue weighted by Gasteiger charge is 2.20. The summed E-state index contributed by atoms with van der Waals surface area (Å²) in [5.41, 5.74) is 4.43. The minimum atomic E-state index is 0.706. The fourth-order valence-corrected chi connectivity index (χ4v) is 3.76. The van der Waals surface area contributed by atoms with Crippen LogP contribution in [0.5, 0.6) is 5.75 Å². The molecule has 1 aliphatic rings. The minimum absolute atomic E-state index is 0.706. The number of hydrogen-bond acceptors (Lipinski definition) is 4. The van der Waals surface area contributed by atoms with Gasteiger partial charge in [-0.15, -0.1) is 0 Å². The Morgan fingerprint density at radius 3 is 2.33 bits per heavy atom. The van der Waals surface area contributed by atoms with Crippen molar-refractivity contribution in [2.24, 2.45) is 5.92 Å². The lowest BCUT2D eigenvalue weighted by Crippen LogP contribution is -2.47. The lowest BCUT2D eigenvalue weighted by atomic mass is 9.99. The molecule has 0 bridgehead atoms. The van der Waals surface area contributed by atoms with Crippen LogP contribution >= 0.6 is 0 Å². The van der Waals surface area contributed by atoms with Crippen molar-refractivity contribution in [2.45, 2.75) is 20.3 Å². The molecule has 1 saturated heterocycles. The summed E-state index contributed by atoms with van der Waals surface area (Å²) in [6.45, 7) is 9.99. The van der Waals surface area contributed by atoms with Crippen LogP contribution in [-0.4, -0.2) is 44.7 Å². The molecule has 0 aromatic heterocycles. The standard InChI is InChI=1S/C23H29N3O/c1-18(2)17-25-10-12-26(13-11-25)23-9-6-20(16-24)15-21(23)14-19-4-7-22(27-3)8-5-19/h4-9,15,18H,10-14,17H2,1-3H3. The van der Waals surface area contributed by atoms with Crippen molar-refractivity contribution in [1.29, 1.82) is 5.26 Å². The van der Waals surface area contributed by atoms with E-state index in [-0.39, 0.29) is 0 Å². The van der Waals surface area contributed by atoms with Crippen LogP contribution < -0.4 is 9.64 Å². The maximum absolute atomic E-state index is 9.33. The van der Waals surface area contributed by atoms with Gasteiger partial charge in [0.2, 0.25) is 0 Å². The van der Waals surface area contributed by atoms with E-state index in [2.05, 4.69) is 47.9 Å². The first kappa shape index (κ1) is 19.3. The van der Waals surface area contributed by atoms with Gasteiger partial charge in [-0.25, -0.2) is 0 Å². The maximum Gasteiger partial charge on any atom is 0.118 e. The summed E-state index contributed by atoms with van der Waals surface area (Å²) in [7, 11) is 1.68. The lowest BCUT2D eigenvalue weighted by molar-refractivity contribution is 0.231. The Kier molecular flexibility index (Phi) is 6.36. The summed E-state index contributed by atoms with van der Waals surface area (Å²) >= 11 is 0. The molecule has 2 aromatic carbocycles. The molecule has 1 heterocycles. The van der Waals surface area contributed by atoms with E-state index in [1.807, 2.05) is 24.3 Å². The molecule has 0 spiro atoms. The Bertz CT molecular complexity index is 784. The van der Waals surface area contributed by atoms with Gasteiger partial charge in [-0.1, -0.05) is 26.0 Å². The molecule has 0 amide bonds. The summed E-state index contributed by atoms with van der Waals surface area (Å²) in [5.74, 6) is 1.57. The van der Waals surface area contributed by atoms with Gasteiger partial charge in [-0.05, 0) is 53.8 Å². The fraction of sp³-hybridized carbons (Fsp3) is 0.435. The molecule has 2 aromatic rings. The third kappa shape index (κ3) is 5.02. The number of ether oxygens (including phenoxy) is 1. The van der Waals surface area contributed by atoms with Crippen molar-refractivity contribution in [3.63, 3.8) is 0 Å². The fourth-order valence-electron chi connectivity index (χ4n) is 3.76. The second-order valence-electron chi connectivity index (χ2n) is 7.66. The molecular weight excluding hydrogens is 334 g/mol. The van der Waals surface area contributed by atoms with Gasteiger partial charge in [0, 0.05) is 38.4 Å². The maximum atomic E-state index is 9.33. The van der Waals surface area contributed by atoms with Crippen LogP contribution in [0.1, 0.15) is 30.5 Å². The van der Waals surface area contributed by atoms with Crippen LogP contribution in [0.25, 0.3) is 0 Å². The van der Waals surface area contributed by atoms with E-state index >= 15 is 0 Å². The molecule has 1 fully saturated rings. The molecule has 4 heteroatoms. The summed E-state index contributed by atoms with van der Waals surface area (Å²) in [4.78, 5) is 5.02. The number of anilines is 1. The molecule has 0 atom stereocenters. The van der Waals surface area contributed by atoms with Gasteiger partial charge in [-0.2, -0.15) is 5.26 Å². The van der Waals surface area contributed by atoms with Crippen molar-refractivity contribution < 1.29 is 4.74 Å². The molecule has 4 nitrogen and oxygen atoms in total. The quantitative estimate of drug-likeness (QED) is 0.779. The number of methoxy groups -OCH3 is 1. The highest BCUT2D eigenvalue weighted by Crippen LogP contribution is 2.26. The van der Waals surface area contributed by atoms with Gasteiger partial charge in [-0.3, -0.25) is 4.90 Å². The Hall–Kier alpha value is -2.51. The second kappa shape index (κ2) is 8.92. The molecule has 142 valence electrons. The Morgan fingerprint density at radius 2 is 1.74 bits per heavy atom. The van der Waals surface area contributed by atoms with Crippen LogP contribution in [0.2, 0.25) is 0 Å². The third-order valence-corrected chi connectivity index (χ3v) is 5.10. The first-order valence-electron chi connectivity index (χ1n) is 9.72. The average molecular weight is 364 g/mol. The van der Waals surface area contributed by atoms with Gasteiger partial charge in [0.15, 0.2) is 0 Å². The predicted molar refractivity (Wildman–Crippen MR) is 110 cm³/mol. The monoisotopic (exact) mass is 363 g/mol. The predicted octanol–water partition coefficient (Wildman–Crippen LogP) is 3.94. The molecule has 27 heavy (non-hydrogen) atoms. The van der Waals surface area contributed by atoms with Crippen molar-refractivity contribution in [3.05, 3.63) is 59.2 Å². The topological polar surface area (TPSA) is 39.5 Å². The van der Waals surface area contributed by atoms with E-state index in [0.29, 0.717) is 5.92 Å². The van der Waals surface area contributed by atoms with Crippen molar-refractivity contribution in [2.75, 3.05) is 44.7 Å². The first-order valence-corrected chi connectivity index (χ1v) is 9.72. The highest BCUT2D eigenvalue weighted by atomic mass is 16.5. The number of nitriles is 1. The third-order valence-electron chi connectivity index (χ3n) is 5.10. The number of rotatable bonds is 6. The van der Waals surface area contributed by atoms with Crippen molar-refractivity contribution >= 4 is 5.69 Å². The van der Waals surface area contributed by atoms with E-state index in [1.165, 1.54) is 23.4 Å². The first-order chi connectivity index (χ1) is 13.1. The average Bonchev–Trinajstić information content (AvgIpc) is 2.69. The van der Waals surface area contributed by atoms with Crippen molar-refractivity contribution in [3.8, 4) is 11.8 Å². The molecule has 0 unspecified atom stereocenters. The van der Waals surface area contributed by atoms with Crippen LogP contribution in [0.15, 0.2) is 42.5 Å². The zero-order valence-corrected chi connectivity index (χ0v) is 16.6. The normalized spacial score (nSPS) is 15.0. The largest absolute Gasteiger partial charge is 0.497 e. The van der Waals surface area contributed by atoms with E-state index in [9.17, 15) is 5.26 Å². The van der Waals surface area contributed by atoms with Gasteiger partial charge in [0.05, 0.1) is 18.7 Å². The zero-order valence-electron chi connectivity index (χ0n) is 16.6. The molecule has 3 rings (SSSR count). The highest BCUT2D eigenvalue weighted by molar-refractivity contribution is 5.58. The molecule has 0 N–H and O–H groups in total. The molecule has 0 radical (unpaired) electrons. The number of hydrogen-bond donors (Lipinski definition) is 0. The van der Waals surface area contributed by atoms with E-state index in [4.69, 9.17) is 4.74 Å². The Balaban J connectivity index is 1.78. The second-order valence-corrected chi connectivity index (χ2v) is 7.66. The zero-order chi connectivity index (χ0) is 19.2. The Labute approximate surface area is 163 Å². The van der Waals surface area contributed by atoms with Gasteiger partial charge in [0.25, 0.3) is 0 Å². The number of nitrogens with zero attached hydrogens (tertiary/aromatic N) is 3. The van der Waals surface area contributed by atoms with Crippen molar-refractivity contribution in [1.82, 2.24) is 4.90 Å². The van der Waals surface area contributed by atoms with Crippen LogP contribution in [0.3, 0.4) is 0 Å². The lowest BCUT2D eigenvalue weighted by Gasteiger charge is -2.37. The Morgan fingerprint density at radius 1 is 1.04 bits per heavy atom. The summed E-state index contributed by atoms with van der Waals surface area (Å²) in [6.07, 6.45) is 0.820. The minimum Gasteiger partial charge on any atom is -0.497 e. The summed E-state index contributed by atoms with van der Waals surface area (Å²) in [6, 6.07) is 16.6. The molecule has 0 aliphatic carbocycles. The van der Waals surface area contributed by atoms with Gasteiger partial charge >= 0.3 is 0 Å². The summed E-state index contributed by atoms with van der Waals surface area (Å²) in [5, 5.41) is 9.33. The van der Waals surface area contributed by atoms with Gasteiger partial charge < -0.3 is 9.64 Å². The van der Waals surface area contributed by atoms with Crippen LogP contribution in [-0.2, 0) is 6.42 Å². The SMILES string of the molecule is COc1ccc(Cc2cc(C#N)ccc2N2CCN(CC(C)C)CC2)cc1. The number of benzene rings is 2. The van der Waals surface area contributed by atoms with E-state index in [0.717, 1.165) is 43.9 Å². The van der Waals surface area contributed by atoms with E-state index < -0.39 is 0 Å². The number of piperazine rings is 1.